The van der Waals surface area contributed by atoms with E-state index in [4.69, 9.17) is 9.84 Å². The Balaban J connectivity index is 2.05. The van der Waals surface area contributed by atoms with Gasteiger partial charge in [0.1, 0.15) is 11.5 Å². The molecular weight excluding hydrogens is 226 g/mol. The molecular formula is C15H15NO2. The van der Waals surface area contributed by atoms with Crippen molar-refractivity contribution in [3.8, 4) is 11.5 Å². The normalized spacial score (nSPS) is 13.6. The lowest BCUT2D eigenvalue weighted by molar-refractivity contribution is 0.285. The third kappa shape index (κ3) is 1.88. The summed E-state index contributed by atoms with van der Waals surface area (Å²) in [6.07, 6.45) is 0. The van der Waals surface area contributed by atoms with E-state index in [9.17, 15) is 0 Å². The van der Waals surface area contributed by atoms with Gasteiger partial charge >= 0.3 is 0 Å². The van der Waals surface area contributed by atoms with Crippen LogP contribution in [-0.2, 0) is 0 Å². The molecule has 0 saturated carbocycles. The molecule has 0 atom stereocenters. The maximum atomic E-state index is 9.00. The van der Waals surface area contributed by atoms with Crippen LogP contribution >= 0.6 is 0 Å². The minimum atomic E-state index is 0.0818. The van der Waals surface area contributed by atoms with Gasteiger partial charge < -0.3 is 15.2 Å². The average molecular weight is 241 g/mol. The maximum absolute atomic E-state index is 9.00. The summed E-state index contributed by atoms with van der Waals surface area (Å²) in [7, 11) is 0. The van der Waals surface area contributed by atoms with Crippen molar-refractivity contribution in [1.82, 2.24) is 5.32 Å². The molecule has 0 amide bonds. The van der Waals surface area contributed by atoms with Crippen LogP contribution in [0.5, 0.6) is 11.5 Å². The summed E-state index contributed by atoms with van der Waals surface area (Å²) in [6, 6.07) is 16.1. The van der Waals surface area contributed by atoms with E-state index in [1.54, 1.807) is 0 Å². The van der Waals surface area contributed by atoms with Crippen molar-refractivity contribution in [1.29, 1.82) is 0 Å². The van der Waals surface area contributed by atoms with E-state index < -0.39 is 0 Å². The van der Waals surface area contributed by atoms with Gasteiger partial charge in [0.15, 0.2) is 0 Å². The predicted octanol–water partition coefficient (Wildman–Crippen LogP) is 2.46. The van der Waals surface area contributed by atoms with Crippen LogP contribution in [0.1, 0.15) is 17.2 Å². The second-order valence-electron chi connectivity index (χ2n) is 4.29. The Labute approximate surface area is 106 Å². The Morgan fingerprint density at radius 2 is 1.50 bits per heavy atom. The number of hydrogen-bond donors (Lipinski definition) is 2. The van der Waals surface area contributed by atoms with Crippen molar-refractivity contribution in [3.63, 3.8) is 0 Å². The summed E-state index contributed by atoms with van der Waals surface area (Å²) >= 11 is 0. The first-order valence-electron chi connectivity index (χ1n) is 6.10. The predicted molar refractivity (Wildman–Crippen MR) is 69.9 cm³/mol. The zero-order chi connectivity index (χ0) is 12.4. The van der Waals surface area contributed by atoms with Crippen LogP contribution in [0.4, 0.5) is 0 Å². The molecule has 0 aromatic heterocycles. The van der Waals surface area contributed by atoms with E-state index in [2.05, 4.69) is 17.4 Å². The van der Waals surface area contributed by atoms with E-state index in [-0.39, 0.29) is 12.6 Å². The smallest absolute Gasteiger partial charge is 0.132 e. The zero-order valence-corrected chi connectivity index (χ0v) is 9.97. The minimum Gasteiger partial charge on any atom is -0.457 e. The van der Waals surface area contributed by atoms with Crippen molar-refractivity contribution >= 4 is 0 Å². The summed E-state index contributed by atoms with van der Waals surface area (Å²) < 4.78 is 5.89. The SMILES string of the molecule is OCCNC1c2ccccc2Oc2ccccc21. The van der Waals surface area contributed by atoms with E-state index in [0.29, 0.717) is 6.54 Å². The molecule has 0 saturated heterocycles. The topological polar surface area (TPSA) is 41.5 Å². The van der Waals surface area contributed by atoms with E-state index >= 15 is 0 Å². The molecule has 92 valence electrons. The molecule has 1 aliphatic rings. The van der Waals surface area contributed by atoms with E-state index in [1.165, 1.54) is 0 Å². The Hall–Kier alpha value is -1.84. The third-order valence-electron chi connectivity index (χ3n) is 3.14. The summed E-state index contributed by atoms with van der Waals surface area (Å²) in [4.78, 5) is 0. The van der Waals surface area contributed by atoms with Crippen molar-refractivity contribution in [2.45, 2.75) is 6.04 Å². The molecule has 0 bridgehead atoms. The Morgan fingerprint density at radius 1 is 0.944 bits per heavy atom. The molecule has 1 heterocycles. The van der Waals surface area contributed by atoms with Crippen LogP contribution in [0.25, 0.3) is 0 Å². The largest absolute Gasteiger partial charge is 0.457 e. The highest BCUT2D eigenvalue weighted by molar-refractivity contribution is 5.52. The number of fused-ring (bicyclic) bond motifs is 2. The first-order chi connectivity index (χ1) is 8.90. The fourth-order valence-electron chi connectivity index (χ4n) is 2.34. The molecule has 0 aliphatic carbocycles. The molecule has 18 heavy (non-hydrogen) atoms. The number of benzene rings is 2. The number of rotatable bonds is 3. The molecule has 0 spiro atoms. The summed E-state index contributed by atoms with van der Waals surface area (Å²) in [6.45, 7) is 0.690. The fourth-order valence-corrected chi connectivity index (χ4v) is 2.34. The minimum absolute atomic E-state index is 0.0818. The molecule has 3 heteroatoms. The Morgan fingerprint density at radius 3 is 2.06 bits per heavy atom. The van der Waals surface area contributed by atoms with E-state index in [0.717, 1.165) is 22.6 Å². The number of hydrogen-bond acceptors (Lipinski definition) is 3. The Kier molecular flexibility index (Phi) is 3.00. The van der Waals surface area contributed by atoms with Crippen molar-refractivity contribution in [2.24, 2.45) is 0 Å². The van der Waals surface area contributed by atoms with Gasteiger partial charge in [-0.3, -0.25) is 0 Å². The van der Waals surface area contributed by atoms with Gasteiger partial charge in [0.2, 0.25) is 0 Å². The standard InChI is InChI=1S/C15H15NO2/c17-10-9-16-15-11-5-1-3-7-13(11)18-14-8-4-2-6-12(14)15/h1-8,15-17H,9-10H2. The molecule has 0 unspecified atom stereocenters. The van der Waals surface area contributed by atoms with Crippen molar-refractivity contribution in [3.05, 3.63) is 59.7 Å². The van der Waals surface area contributed by atoms with Crippen molar-refractivity contribution < 1.29 is 9.84 Å². The van der Waals surface area contributed by atoms with Gasteiger partial charge in [-0.2, -0.15) is 0 Å². The van der Waals surface area contributed by atoms with Crippen LogP contribution < -0.4 is 10.1 Å². The molecule has 2 aromatic rings. The van der Waals surface area contributed by atoms with Crippen LogP contribution in [0, 0.1) is 0 Å². The number of aliphatic hydroxyl groups excluding tert-OH is 1. The van der Waals surface area contributed by atoms with Gasteiger partial charge in [-0.25, -0.2) is 0 Å². The lowest BCUT2D eigenvalue weighted by atomic mass is 9.94. The molecule has 0 radical (unpaired) electrons. The van der Waals surface area contributed by atoms with Gasteiger partial charge in [-0.15, -0.1) is 0 Å². The first-order valence-corrected chi connectivity index (χ1v) is 6.10. The quantitative estimate of drug-likeness (QED) is 0.867. The van der Waals surface area contributed by atoms with Crippen LogP contribution in [0.3, 0.4) is 0 Å². The van der Waals surface area contributed by atoms with E-state index in [1.807, 2.05) is 36.4 Å². The fraction of sp³-hybridized carbons (Fsp3) is 0.200. The van der Waals surface area contributed by atoms with Crippen LogP contribution in [0.15, 0.2) is 48.5 Å². The zero-order valence-electron chi connectivity index (χ0n) is 9.97. The summed E-state index contributed by atoms with van der Waals surface area (Å²) in [5.74, 6) is 1.76. The van der Waals surface area contributed by atoms with Crippen molar-refractivity contribution in [2.75, 3.05) is 13.2 Å². The highest BCUT2D eigenvalue weighted by Crippen LogP contribution is 2.42. The second kappa shape index (κ2) is 4.80. The lowest BCUT2D eigenvalue weighted by Gasteiger charge is -2.28. The highest BCUT2D eigenvalue weighted by Gasteiger charge is 2.25. The Bertz CT molecular complexity index is 508. The van der Waals surface area contributed by atoms with Gasteiger partial charge in [0, 0.05) is 17.7 Å². The summed E-state index contributed by atoms with van der Waals surface area (Å²) in [5, 5.41) is 12.4. The van der Waals surface area contributed by atoms with Gasteiger partial charge in [-0.05, 0) is 12.1 Å². The molecule has 2 aromatic carbocycles. The first kappa shape index (κ1) is 11.3. The van der Waals surface area contributed by atoms with Gasteiger partial charge in [0.05, 0.1) is 12.6 Å². The molecule has 1 aliphatic heterocycles. The summed E-state index contributed by atoms with van der Waals surface area (Å²) in [5.41, 5.74) is 2.23. The number of aliphatic hydroxyl groups is 1. The lowest BCUT2D eigenvalue weighted by Crippen LogP contribution is -2.27. The molecule has 2 N–H and O–H groups in total. The highest BCUT2D eigenvalue weighted by atomic mass is 16.5. The molecule has 3 rings (SSSR count). The second-order valence-corrected chi connectivity index (χ2v) is 4.29. The molecule has 3 nitrogen and oxygen atoms in total. The van der Waals surface area contributed by atoms with Crippen LogP contribution in [-0.4, -0.2) is 18.3 Å². The maximum Gasteiger partial charge on any atom is 0.132 e. The van der Waals surface area contributed by atoms with Crippen LogP contribution in [0.2, 0.25) is 0 Å². The number of ether oxygens (including phenoxy) is 1. The van der Waals surface area contributed by atoms with Gasteiger partial charge in [0.25, 0.3) is 0 Å². The third-order valence-corrected chi connectivity index (χ3v) is 3.14. The molecule has 0 fully saturated rings. The number of nitrogens with one attached hydrogen (secondary N) is 1. The average Bonchev–Trinajstić information content (AvgIpc) is 2.43. The van der Waals surface area contributed by atoms with Gasteiger partial charge in [-0.1, -0.05) is 36.4 Å². The monoisotopic (exact) mass is 241 g/mol. The number of para-hydroxylation sites is 2.